The third kappa shape index (κ3) is 3.85. The summed E-state index contributed by atoms with van der Waals surface area (Å²) in [7, 11) is 0. The number of hydrogen-bond acceptors (Lipinski definition) is 1. The fraction of sp³-hybridized carbons (Fsp3) is 0.312. The maximum Gasteiger partial charge on any atom is 0.0462 e. The lowest BCUT2D eigenvalue weighted by Crippen LogP contribution is -1.92. The summed E-state index contributed by atoms with van der Waals surface area (Å²) in [5, 5.41) is 0.750. The molecule has 2 rings (SSSR count). The van der Waals surface area contributed by atoms with Gasteiger partial charge in [-0.1, -0.05) is 49.2 Å². The number of rotatable bonds is 5. The molecule has 2 aromatic rings. The van der Waals surface area contributed by atoms with Gasteiger partial charge in [0.15, 0.2) is 0 Å². The van der Waals surface area contributed by atoms with Crippen molar-refractivity contribution in [3.63, 3.8) is 0 Å². The molecule has 0 radical (unpaired) electrons. The standard InChI is InChI=1S/C16H18ClN/c1-2-3-4-13-5-7-14(8-6-13)11-16-12-15(17)9-10-18-16/h5-10,12H,2-4,11H2,1H3. The molecule has 0 amide bonds. The van der Waals surface area contributed by atoms with E-state index in [1.165, 1.54) is 30.4 Å². The highest BCUT2D eigenvalue weighted by Crippen LogP contribution is 2.14. The highest BCUT2D eigenvalue weighted by molar-refractivity contribution is 6.30. The Kier molecular flexibility index (Phi) is 4.77. The third-order valence-corrected chi connectivity index (χ3v) is 3.24. The van der Waals surface area contributed by atoms with Gasteiger partial charge in [0.05, 0.1) is 0 Å². The van der Waals surface area contributed by atoms with Gasteiger partial charge < -0.3 is 0 Å². The second kappa shape index (κ2) is 6.55. The predicted octanol–water partition coefficient (Wildman–Crippen LogP) is 4.67. The molecule has 0 unspecified atom stereocenters. The maximum absolute atomic E-state index is 5.95. The molecule has 0 aliphatic carbocycles. The largest absolute Gasteiger partial charge is 0.261 e. The fourth-order valence-electron chi connectivity index (χ4n) is 1.96. The minimum absolute atomic E-state index is 0.750. The van der Waals surface area contributed by atoms with E-state index in [9.17, 15) is 0 Å². The second-order valence-corrected chi connectivity index (χ2v) is 5.00. The molecule has 0 aliphatic rings. The maximum atomic E-state index is 5.95. The van der Waals surface area contributed by atoms with E-state index in [0.717, 1.165) is 17.1 Å². The SMILES string of the molecule is CCCCc1ccc(Cc2cc(Cl)ccn2)cc1. The Morgan fingerprint density at radius 2 is 1.78 bits per heavy atom. The van der Waals surface area contributed by atoms with Crippen LogP contribution in [0.15, 0.2) is 42.6 Å². The van der Waals surface area contributed by atoms with Gasteiger partial charge in [-0.3, -0.25) is 4.98 Å². The smallest absolute Gasteiger partial charge is 0.0462 e. The molecular formula is C16H18ClN. The first kappa shape index (κ1) is 13.1. The molecule has 0 spiro atoms. The number of pyridine rings is 1. The van der Waals surface area contributed by atoms with Crippen LogP contribution in [-0.4, -0.2) is 4.98 Å². The van der Waals surface area contributed by atoms with Crippen molar-refractivity contribution in [2.45, 2.75) is 32.6 Å². The Morgan fingerprint density at radius 3 is 2.44 bits per heavy atom. The summed E-state index contributed by atoms with van der Waals surface area (Å²) in [6.45, 7) is 2.22. The minimum Gasteiger partial charge on any atom is -0.261 e. The average Bonchev–Trinajstić information content (AvgIpc) is 2.38. The van der Waals surface area contributed by atoms with E-state index in [4.69, 9.17) is 11.6 Å². The monoisotopic (exact) mass is 259 g/mol. The Morgan fingerprint density at radius 1 is 1.06 bits per heavy atom. The van der Waals surface area contributed by atoms with Crippen molar-refractivity contribution in [1.29, 1.82) is 0 Å². The molecule has 0 aliphatic heterocycles. The number of halogens is 1. The van der Waals surface area contributed by atoms with Crippen LogP contribution in [0.2, 0.25) is 5.02 Å². The van der Waals surface area contributed by atoms with Crippen molar-refractivity contribution in [3.05, 3.63) is 64.4 Å². The molecule has 0 bridgehead atoms. The van der Waals surface area contributed by atoms with Gasteiger partial charge in [-0.2, -0.15) is 0 Å². The summed E-state index contributed by atoms with van der Waals surface area (Å²) in [6, 6.07) is 12.5. The van der Waals surface area contributed by atoms with Gasteiger partial charge in [0.25, 0.3) is 0 Å². The van der Waals surface area contributed by atoms with Crippen LogP contribution >= 0.6 is 11.6 Å². The van der Waals surface area contributed by atoms with Crippen LogP contribution < -0.4 is 0 Å². The van der Waals surface area contributed by atoms with Crippen molar-refractivity contribution >= 4 is 11.6 Å². The lowest BCUT2D eigenvalue weighted by molar-refractivity contribution is 0.794. The van der Waals surface area contributed by atoms with Crippen LogP contribution in [0.4, 0.5) is 0 Å². The molecule has 1 heterocycles. The van der Waals surface area contributed by atoms with Crippen molar-refractivity contribution in [2.75, 3.05) is 0 Å². The summed E-state index contributed by atoms with van der Waals surface area (Å²) >= 11 is 5.95. The molecule has 0 N–H and O–H groups in total. The van der Waals surface area contributed by atoms with Crippen LogP contribution in [0.25, 0.3) is 0 Å². The molecule has 2 heteroatoms. The van der Waals surface area contributed by atoms with Crippen molar-refractivity contribution in [2.24, 2.45) is 0 Å². The highest BCUT2D eigenvalue weighted by Gasteiger charge is 1.99. The van der Waals surface area contributed by atoms with Gasteiger partial charge in [0.2, 0.25) is 0 Å². The van der Waals surface area contributed by atoms with Gasteiger partial charge in [-0.15, -0.1) is 0 Å². The molecule has 0 atom stereocenters. The minimum atomic E-state index is 0.750. The van der Waals surface area contributed by atoms with Crippen LogP contribution in [0, 0.1) is 0 Å². The van der Waals surface area contributed by atoms with E-state index in [2.05, 4.69) is 36.2 Å². The Balaban J connectivity index is 2.02. The molecular weight excluding hydrogens is 242 g/mol. The van der Waals surface area contributed by atoms with Gasteiger partial charge in [-0.05, 0) is 36.1 Å². The van der Waals surface area contributed by atoms with E-state index in [1.54, 1.807) is 12.3 Å². The van der Waals surface area contributed by atoms with Gasteiger partial charge in [0.1, 0.15) is 0 Å². The fourth-order valence-corrected chi connectivity index (χ4v) is 2.14. The number of nitrogens with zero attached hydrogens (tertiary/aromatic N) is 1. The zero-order chi connectivity index (χ0) is 12.8. The molecule has 1 aromatic heterocycles. The predicted molar refractivity (Wildman–Crippen MR) is 77.1 cm³/mol. The highest BCUT2D eigenvalue weighted by atomic mass is 35.5. The molecule has 0 saturated heterocycles. The van der Waals surface area contributed by atoms with E-state index in [0.29, 0.717) is 0 Å². The van der Waals surface area contributed by atoms with E-state index in [-0.39, 0.29) is 0 Å². The van der Waals surface area contributed by atoms with Crippen LogP contribution in [0.1, 0.15) is 36.6 Å². The van der Waals surface area contributed by atoms with Crippen molar-refractivity contribution < 1.29 is 0 Å². The van der Waals surface area contributed by atoms with Gasteiger partial charge in [0, 0.05) is 23.3 Å². The van der Waals surface area contributed by atoms with Crippen LogP contribution in [0.3, 0.4) is 0 Å². The number of hydrogen-bond donors (Lipinski definition) is 0. The zero-order valence-corrected chi connectivity index (χ0v) is 11.5. The summed E-state index contributed by atoms with van der Waals surface area (Å²) in [5.74, 6) is 0. The summed E-state index contributed by atoms with van der Waals surface area (Å²) in [4.78, 5) is 4.32. The van der Waals surface area contributed by atoms with E-state index >= 15 is 0 Å². The molecule has 1 aromatic carbocycles. The zero-order valence-electron chi connectivity index (χ0n) is 10.7. The summed E-state index contributed by atoms with van der Waals surface area (Å²) < 4.78 is 0. The first-order valence-electron chi connectivity index (χ1n) is 6.46. The Hall–Kier alpha value is -1.34. The first-order chi connectivity index (χ1) is 8.78. The number of benzene rings is 1. The normalized spacial score (nSPS) is 10.6. The average molecular weight is 260 g/mol. The second-order valence-electron chi connectivity index (χ2n) is 4.56. The van der Waals surface area contributed by atoms with Crippen molar-refractivity contribution in [3.8, 4) is 0 Å². The molecule has 1 nitrogen and oxygen atoms in total. The Bertz CT molecular complexity index is 491. The van der Waals surface area contributed by atoms with E-state index in [1.807, 2.05) is 6.07 Å². The number of aromatic nitrogens is 1. The number of aryl methyl sites for hydroxylation is 1. The Labute approximate surface area is 114 Å². The quantitative estimate of drug-likeness (QED) is 0.761. The molecule has 0 fully saturated rings. The van der Waals surface area contributed by atoms with Gasteiger partial charge in [-0.25, -0.2) is 0 Å². The molecule has 18 heavy (non-hydrogen) atoms. The first-order valence-corrected chi connectivity index (χ1v) is 6.84. The topological polar surface area (TPSA) is 12.9 Å². The van der Waals surface area contributed by atoms with Crippen molar-refractivity contribution in [1.82, 2.24) is 4.98 Å². The third-order valence-electron chi connectivity index (χ3n) is 3.01. The molecule has 0 saturated carbocycles. The lowest BCUT2D eigenvalue weighted by Gasteiger charge is -2.04. The lowest BCUT2D eigenvalue weighted by atomic mass is 10.0. The molecule has 94 valence electrons. The summed E-state index contributed by atoms with van der Waals surface area (Å²) in [5.41, 5.74) is 3.72. The van der Waals surface area contributed by atoms with Crippen LogP contribution in [-0.2, 0) is 12.8 Å². The van der Waals surface area contributed by atoms with Gasteiger partial charge >= 0.3 is 0 Å². The summed E-state index contributed by atoms with van der Waals surface area (Å²) in [6.07, 6.45) is 6.28. The van der Waals surface area contributed by atoms with E-state index < -0.39 is 0 Å². The number of unbranched alkanes of at least 4 members (excludes halogenated alkanes) is 1. The van der Waals surface area contributed by atoms with Crippen LogP contribution in [0.5, 0.6) is 0 Å².